The lowest BCUT2D eigenvalue weighted by Crippen LogP contribution is -2.64. The number of ketones is 2. The Labute approximate surface area is 92.2 Å². The fourth-order valence-corrected chi connectivity index (χ4v) is 2.54. The predicted octanol–water partition coefficient (Wildman–Crippen LogP) is -0.0882. The number of fused-ring (bicyclic) bond motifs is 2. The van der Waals surface area contributed by atoms with Gasteiger partial charge in [-0.1, -0.05) is 0 Å². The molecule has 88 valence electrons. The van der Waals surface area contributed by atoms with Gasteiger partial charge in [0.25, 0.3) is 0 Å². The molecule has 2 aliphatic rings. The summed E-state index contributed by atoms with van der Waals surface area (Å²) >= 11 is 0. The molecular weight excluding hydrogens is 214 g/mol. The second-order valence-electron chi connectivity index (χ2n) is 4.21. The van der Waals surface area contributed by atoms with E-state index in [-0.39, 0.29) is 31.2 Å². The number of carbonyl (C=O) groups is 3. The maximum atomic E-state index is 11.7. The van der Waals surface area contributed by atoms with Gasteiger partial charge in [-0.2, -0.15) is 0 Å². The largest absolute Gasteiger partial charge is 0.465 e. The number of ether oxygens (including phenoxy) is 1. The van der Waals surface area contributed by atoms with Crippen LogP contribution in [0.1, 0.15) is 13.3 Å². The summed E-state index contributed by atoms with van der Waals surface area (Å²) in [6.07, 6.45) is -1.01. The Balaban J connectivity index is 2.33. The first-order chi connectivity index (χ1) is 7.52. The molecule has 16 heavy (non-hydrogen) atoms. The monoisotopic (exact) mass is 227 g/mol. The SMILES string of the molecule is CC(=O)C1C(=O)CC2COCC1N2C(=O)O. The molecule has 0 aliphatic carbocycles. The second-order valence-corrected chi connectivity index (χ2v) is 4.21. The van der Waals surface area contributed by atoms with Crippen molar-refractivity contribution in [2.75, 3.05) is 13.2 Å². The molecule has 1 amide bonds. The Kier molecular flexibility index (Phi) is 2.67. The summed E-state index contributed by atoms with van der Waals surface area (Å²) in [6, 6.07) is -1.07. The molecule has 0 aromatic rings. The van der Waals surface area contributed by atoms with E-state index in [9.17, 15) is 14.4 Å². The number of amides is 1. The highest BCUT2D eigenvalue weighted by Crippen LogP contribution is 2.30. The fraction of sp³-hybridized carbons (Fsp3) is 0.700. The van der Waals surface area contributed by atoms with Gasteiger partial charge in [-0.05, 0) is 6.92 Å². The molecule has 2 bridgehead atoms. The van der Waals surface area contributed by atoms with Gasteiger partial charge in [-0.15, -0.1) is 0 Å². The van der Waals surface area contributed by atoms with Gasteiger partial charge in [0.05, 0.1) is 31.2 Å². The van der Waals surface area contributed by atoms with Crippen molar-refractivity contribution in [2.24, 2.45) is 5.92 Å². The third kappa shape index (κ3) is 1.59. The van der Waals surface area contributed by atoms with Crippen molar-refractivity contribution >= 4 is 17.7 Å². The summed E-state index contributed by atoms with van der Waals surface area (Å²) in [4.78, 5) is 35.4. The van der Waals surface area contributed by atoms with Crippen LogP contribution < -0.4 is 0 Å². The molecular formula is C10H13NO5. The molecule has 2 heterocycles. The van der Waals surface area contributed by atoms with Gasteiger partial charge in [0, 0.05) is 6.42 Å². The fourth-order valence-electron chi connectivity index (χ4n) is 2.54. The lowest BCUT2D eigenvalue weighted by atomic mass is 9.81. The molecule has 0 aromatic heterocycles. The van der Waals surface area contributed by atoms with Crippen LogP contribution in [0.15, 0.2) is 0 Å². The first-order valence-corrected chi connectivity index (χ1v) is 5.14. The van der Waals surface area contributed by atoms with Gasteiger partial charge in [-0.3, -0.25) is 14.5 Å². The third-order valence-corrected chi connectivity index (χ3v) is 3.18. The van der Waals surface area contributed by atoms with Crippen LogP contribution in [0.3, 0.4) is 0 Å². The molecule has 0 saturated carbocycles. The number of morpholine rings is 1. The van der Waals surface area contributed by atoms with E-state index in [0.29, 0.717) is 0 Å². The van der Waals surface area contributed by atoms with Gasteiger partial charge >= 0.3 is 6.09 Å². The molecule has 3 unspecified atom stereocenters. The van der Waals surface area contributed by atoms with E-state index < -0.39 is 24.1 Å². The van der Waals surface area contributed by atoms with E-state index >= 15 is 0 Å². The van der Waals surface area contributed by atoms with E-state index in [1.807, 2.05) is 0 Å². The minimum atomic E-state index is -1.09. The van der Waals surface area contributed by atoms with E-state index in [4.69, 9.17) is 9.84 Å². The average molecular weight is 227 g/mol. The maximum Gasteiger partial charge on any atom is 0.408 e. The van der Waals surface area contributed by atoms with Gasteiger partial charge < -0.3 is 9.84 Å². The van der Waals surface area contributed by atoms with Crippen molar-refractivity contribution in [3.8, 4) is 0 Å². The Morgan fingerprint density at radius 3 is 2.69 bits per heavy atom. The van der Waals surface area contributed by atoms with E-state index in [1.165, 1.54) is 11.8 Å². The van der Waals surface area contributed by atoms with Crippen LogP contribution in [0.4, 0.5) is 4.79 Å². The van der Waals surface area contributed by atoms with Crippen molar-refractivity contribution in [3.63, 3.8) is 0 Å². The van der Waals surface area contributed by atoms with Crippen LogP contribution in [-0.4, -0.2) is 53.0 Å². The third-order valence-electron chi connectivity index (χ3n) is 3.18. The van der Waals surface area contributed by atoms with Gasteiger partial charge in [0.1, 0.15) is 11.6 Å². The molecule has 0 radical (unpaired) electrons. The summed E-state index contributed by atoms with van der Waals surface area (Å²) in [5, 5.41) is 9.08. The van der Waals surface area contributed by atoms with Crippen molar-refractivity contribution in [3.05, 3.63) is 0 Å². The predicted molar refractivity (Wildman–Crippen MR) is 52.1 cm³/mol. The molecule has 2 aliphatic heterocycles. The van der Waals surface area contributed by atoms with E-state index in [1.54, 1.807) is 0 Å². The first kappa shape index (κ1) is 11.1. The summed E-state index contributed by atoms with van der Waals surface area (Å²) in [5.74, 6) is -1.30. The molecule has 0 aromatic carbocycles. The van der Waals surface area contributed by atoms with Crippen molar-refractivity contribution in [2.45, 2.75) is 25.4 Å². The van der Waals surface area contributed by atoms with E-state index in [0.717, 1.165) is 0 Å². The molecule has 1 N–H and O–H groups in total. The number of carbonyl (C=O) groups excluding carboxylic acids is 2. The highest BCUT2D eigenvalue weighted by Gasteiger charge is 2.49. The Morgan fingerprint density at radius 2 is 2.12 bits per heavy atom. The summed E-state index contributed by atoms with van der Waals surface area (Å²) in [6.45, 7) is 1.68. The topological polar surface area (TPSA) is 83.9 Å². The second kappa shape index (κ2) is 3.86. The first-order valence-electron chi connectivity index (χ1n) is 5.14. The number of nitrogens with zero attached hydrogens (tertiary/aromatic N) is 1. The average Bonchev–Trinajstić information content (AvgIpc) is 2.15. The highest BCUT2D eigenvalue weighted by molar-refractivity contribution is 6.03. The molecule has 2 rings (SSSR count). The van der Waals surface area contributed by atoms with Crippen LogP contribution in [0.25, 0.3) is 0 Å². The van der Waals surface area contributed by atoms with Gasteiger partial charge in [0.2, 0.25) is 0 Å². The van der Waals surface area contributed by atoms with Crippen LogP contribution in [0.2, 0.25) is 0 Å². The van der Waals surface area contributed by atoms with Crippen LogP contribution >= 0.6 is 0 Å². The minimum Gasteiger partial charge on any atom is -0.465 e. The molecule has 0 spiro atoms. The Bertz CT molecular complexity index is 353. The Hall–Kier alpha value is -1.43. The van der Waals surface area contributed by atoms with E-state index in [2.05, 4.69) is 0 Å². The smallest absolute Gasteiger partial charge is 0.408 e. The highest BCUT2D eigenvalue weighted by atomic mass is 16.5. The number of Topliss-reactive ketones (excluding diaryl/α,β-unsaturated/α-hetero) is 2. The Morgan fingerprint density at radius 1 is 1.44 bits per heavy atom. The summed E-state index contributed by atoms with van der Waals surface area (Å²) in [7, 11) is 0. The van der Waals surface area contributed by atoms with Crippen molar-refractivity contribution < 1.29 is 24.2 Å². The minimum absolute atomic E-state index is 0.0764. The molecule has 3 atom stereocenters. The summed E-state index contributed by atoms with van der Waals surface area (Å²) < 4.78 is 5.24. The number of hydrogen-bond donors (Lipinski definition) is 1. The summed E-state index contributed by atoms with van der Waals surface area (Å²) in [5.41, 5.74) is 0. The van der Waals surface area contributed by atoms with Crippen LogP contribution in [-0.2, 0) is 14.3 Å². The quantitative estimate of drug-likeness (QED) is 0.633. The normalized spacial score (nSPS) is 33.7. The molecule has 2 saturated heterocycles. The standard InChI is InChI=1S/C10H13NO5/c1-5(12)9-7-4-16-3-6(2-8(9)13)11(7)10(14)15/h6-7,9H,2-4H2,1H3,(H,14,15). The lowest BCUT2D eigenvalue weighted by Gasteiger charge is -2.46. The molecule has 2 fully saturated rings. The zero-order valence-corrected chi connectivity index (χ0v) is 8.88. The zero-order valence-electron chi connectivity index (χ0n) is 8.88. The van der Waals surface area contributed by atoms with Crippen LogP contribution in [0, 0.1) is 5.92 Å². The van der Waals surface area contributed by atoms with Gasteiger partial charge in [0.15, 0.2) is 0 Å². The molecule has 6 nitrogen and oxygen atoms in total. The lowest BCUT2D eigenvalue weighted by molar-refractivity contribution is -0.149. The van der Waals surface area contributed by atoms with Gasteiger partial charge in [-0.25, -0.2) is 4.79 Å². The molecule has 6 heteroatoms. The number of rotatable bonds is 1. The van der Waals surface area contributed by atoms with Crippen molar-refractivity contribution in [1.29, 1.82) is 0 Å². The van der Waals surface area contributed by atoms with Crippen LogP contribution in [0.5, 0.6) is 0 Å². The number of piperidine rings is 1. The maximum absolute atomic E-state index is 11.7. The number of carboxylic acid groups (broad SMARTS) is 1. The van der Waals surface area contributed by atoms with Crippen molar-refractivity contribution in [1.82, 2.24) is 4.90 Å². The zero-order chi connectivity index (χ0) is 11.9. The number of hydrogen-bond acceptors (Lipinski definition) is 4.